The van der Waals surface area contributed by atoms with Crippen LogP contribution in [0.4, 0.5) is 0 Å². The van der Waals surface area contributed by atoms with Crippen LogP contribution in [-0.2, 0) is 4.79 Å². The number of nitrogens with two attached hydrogens (primary N) is 1. The second-order valence-corrected chi connectivity index (χ2v) is 3.56. The lowest BCUT2D eigenvalue weighted by molar-refractivity contribution is -0.113. The fourth-order valence-electron chi connectivity index (χ4n) is 1.08. The Bertz CT molecular complexity index is 371. The molecule has 78 valence electrons. The smallest absolute Gasteiger partial charge is 0.205 e. The zero-order chi connectivity index (χ0) is 11.1. The van der Waals surface area contributed by atoms with Crippen LogP contribution >= 0.6 is 0 Å². The molecule has 15 heavy (non-hydrogen) atoms. The Balaban J connectivity index is 2.48. The highest BCUT2D eigenvalue weighted by atomic mass is 16.1. The Morgan fingerprint density at radius 3 is 2.67 bits per heavy atom. The van der Waals surface area contributed by atoms with Crippen LogP contribution in [0.5, 0.6) is 0 Å². The summed E-state index contributed by atoms with van der Waals surface area (Å²) in [5.41, 5.74) is 6.41. The fourth-order valence-corrected chi connectivity index (χ4v) is 1.08. The summed E-state index contributed by atoms with van der Waals surface area (Å²) < 4.78 is 0. The maximum absolute atomic E-state index is 11.3. The molecule has 0 fully saturated rings. The number of Topliss-reactive ketones (excluding diaryl/α,β-unsaturated/α-hetero) is 1. The van der Waals surface area contributed by atoms with Crippen LogP contribution < -0.4 is 5.73 Å². The summed E-state index contributed by atoms with van der Waals surface area (Å²) in [6.07, 6.45) is 1.14. The van der Waals surface area contributed by atoms with Gasteiger partial charge in [0, 0.05) is 18.0 Å². The van der Waals surface area contributed by atoms with E-state index >= 15 is 0 Å². The van der Waals surface area contributed by atoms with Gasteiger partial charge in [0.25, 0.3) is 0 Å². The zero-order valence-corrected chi connectivity index (χ0v) is 8.86. The number of benzene rings is 1. The average molecular weight is 201 g/mol. The Kier molecular flexibility index (Phi) is 4.59. The van der Waals surface area contributed by atoms with Crippen LogP contribution in [0, 0.1) is 11.8 Å². The summed E-state index contributed by atoms with van der Waals surface area (Å²) in [6, 6.07) is 9.54. The summed E-state index contributed by atoms with van der Waals surface area (Å²) in [4.78, 5) is 11.3. The predicted octanol–water partition coefficient (Wildman–Crippen LogP) is 1.73. The minimum atomic E-state index is -0.0452. The number of rotatable bonds is 3. The molecule has 0 heterocycles. The average Bonchev–Trinajstić information content (AvgIpc) is 2.25. The second kappa shape index (κ2) is 6.00. The van der Waals surface area contributed by atoms with E-state index < -0.39 is 0 Å². The van der Waals surface area contributed by atoms with Gasteiger partial charge in [0.2, 0.25) is 5.78 Å². The van der Waals surface area contributed by atoms with Crippen molar-refractivity contribution in [3.63, 3.8) is 0 Å². The van der Waals surface area contributed by atoms with Gasteiger partial charge in [-0.2, -0.15) is 0 Å². The first-order chi connectivity index (χ1) is 7.18. The van der Waals surface area contributed by atoms with E-state index in [2.05, 4.69) is 11.8 Å². The third kappa shape index (κ3) is 4.99. The molecule has 0 amide bonds. The molecule has 1 rings (SSSR count). The van der Waals surface area contributed by atoms with Crippen molar-refractivity contribution in [1.82, 2.24) is 0 Å². The van der Waals surface area contributed by atoms with Gasteiger partial charge in [0.1, 0.15) is 0 Å². The first kappa shape index (κ1) is 11.5. The fraction of sp³-hybridized carbons (Fsp3) is 0.308. The van der Waals surface area contributed by atoms with Gasteiger partial charge in [0.15, 0.2) is 0 Å². The standard InChI is InChI=1S/C13H15NO/c1-11(14)7-9-13(15)10-8-12-5-3-2-4-6-12/h2-6,11H,7,9,14H2,1H3. The molecular formula is C13H15NO. The van der Waals surface area contributed by atoms with Crippen LogP contribution in [-0.4, -0.2) is 11.8 Å². The topological polar surface area (TPSA) is 43.1 Å². The molecule has 1 atom stereocenters. The Labute approximate surface area is 90.5 Å². The molecule has 0 radical (unpaired) electrons. The highest BCUT2D eigenvalue weighted by Crippen LogP contribution is 1.97. The van der Waals surface area contributed by atoms with Gasteiger partial charge in [-0.1, -0.05) is 24.1 Å². The molecule has 2 N–H and O–H groups in total. The molecule has 2 heteroatoms. The van der Waals surface area contributed by atoms with Crippen LogP contribution in [0.15, 0.2) is 30.3 Å². The predicted molar refractivity (Wildman–Crippen MR) is 61.2 cm³/mol. The summed E-state index contributed by atoms with van der Waals surface area (Å²) in [5.74, 6) is 5.39. The second-order valence-electron chi connectivity index (χ2n) is 3.56. The van der Waals surface area contributed by atoms with Gasteiger partial charge >= 0.3 is 0 Å². The highest BCUT2D eigenvalue weighted by Gasteiger charge is 1.99. The van der Waals surface area contributed by atoms with Crippen LogP contribution in [0.2, 0.25) is 0 Å². The van der Waals surface area contributed by atoms with Gasteiger partial charge in [-0.25, -0.2) is 0 Å². The number of ketones is 1. The first-order valence-corrected chi connectivity index (χ1v) is 5.04. The van der Waals surface area contributed by atoms with Crippen molar-refractivity contribution in [3.8, 4) is 11.8 Å². The Morgan fingerprint density at radius 1 is 1.40 bits per heavy atom. The Hall–Kier alpha value is -1.59. The largest absolute Gasteiger partial charge is 0.328 e. The van der Waals surface area contributed by atoms with Gasteiger partial charge in [-0.05, 0) is 31.4 Å². The van der Waals surface area contributed by atoms with E-state index in [9.17, 15) is 4.79 Å². The molecule has 1 aromatic carbocycles. The highest BCUT2D eigenvalue weighted by molar-refractivity contribution is 5.95. The molecular weight excluding hydrogens is 186 g/mol. The van der Waals surface area contributed by atoms with E-state index in [-0.39, 0.29) is 11.8 Å². The Morgan fingerprint density at radius 2 is 2.07 bits per heavy atom. The van der Waals surface area contributed by atoms with Gasteiger partial charge in [-0.3, -0.25) is 4.79 Å². The lowest BCUT2D eigenvalue weighted by Crippen LogP contribution is -2.15. The van der Waals surface area contributed by atoms with E-state index in [1.54, 1.807) is 0 Å². The van der Waals surface area contributed by atoms with Crippen molar-refractivity contribution in [2.75, 3.05) is 0 Å². The molecule has 0 saturated carbocycles. The number of carbonyl (C=O) groups excluding carboxylic acids is 1. The molecule has 2 nitrogen and oxygen atoms in total. The lowest BCUT2D eigenvalue weighted by Gasteiger charge is -1.99. The van der Waals surface area contributed by atoms with E-state index in [0.29, 0.717) is 12.8 Å². The molecule has 0 saturated heterocycles. The first-order valence-electron chi connectivity index (χ1n) is 5.04. The van der Waals surface area contributed by atoms with E-state index in [4.69, 9.17) is 5.73 Å². The van der Waals surface area contributed by atoms with Crippen LogP contribution in [0.3, 0.4) is 0 Å². The number of hydrogen-bond acceptors (Lipinski definition) is 2. The lowest BCUT2D eigenvalue weighted by atomic mass is 10.1. The van der Waals surface area contributed by atoms with Gasteiger partial charge in [0.05, 0.1) is 0 Å². The minimum absolute atomic E-state index is 0.0452. The van der Waals surface area contributed by atoms with Crippen molar-refractivity contribution in [2.24, 2.45) is 5.73 Å². The van der Waals surface area contributed by atoms with Gasteiger partial charge in [-0.15, -0.1) is 0 Å². The summed E-state index contributed by atoms with van der Waals surface area (Å²) in [7, 11) is 0. The van der Waals surface area contributed by atoms with Gasteiger partial charge < -0.3 is 5.73 Å². The van der Waals surface area contributed by atoms with E-state index in [1.165, 1.54) is 0 Å². The summed E-state index contributed by atoms with van der Waals surface area (Å²) in [6.45, 7) is 1.89. The van der Waals surface area contributed by atoms with E-state index in [1.807, 2.05) is 37.3 Å². The molecule has 1 unspecified atom stereocenters. The third-order valence-corrected chi connectivity index (χ3v) is 1.95. The van der Waals surface area contributed by atoms with Crippen molar-refractivity contribution < 1.29 is 4.79 Å². The molecule has 0 aromatic heterocycles. The number of carbonyl (C=O) groups is 1. The van der Waals surface area contributed by atoms with Crippen LogP contribution in [0.25, 0.3) is 0 Å². The maximum Gasteiger partial charge on any atom is 0.205 e. The number of hydrogen-bond donors (Lipinski definition) is 1. The minimum Gasteiger partial charge on any atom is -0.328 e. The summed E-state index contributed by atoms with van der Waals surface area (Å²) in [5, 5.41) is 0. The molecule has 0 aliphatic heterocycles. The zero-order valence-electron chi connectivity index (χ0n) is 8.86. The van der Waals surface area contributed by atoms with Crippen molar-refractivity contribution in [1.29, 1.82) is 0 Å². The SMILES string of the molecule is CC(N)CCC(=O)C#Cc1ccccc1. The molecule has 0 aliphatic rings. The van der Waals surface area contributed by atoms with E-state index in [0.717, 1.165) is 5.56 Å². The molecule has 0 bridgehead atoms. The normalized spacial score (nSPS) is 11.3. The quantitative estimate of drug-likeness (QED) is 0.757. The van der Waals surface area contributed by atoms with Crippen molar-refractivity contribution >= 4 is 5.78 Å². The molecule has 0 aliphatic carbocycles. The molecule has 1 aromatic rings. The van der Waals surface area contributed by atoms with Crippen LogP contribution in [0.1, 0.15) is 25.3 Å². The monoisotopic (exact) mass is 201 g/mol. The molecule has 0 spiro atoms. The van der Waals surface area contributed by atoms with Crippen molar-refractivity contribution in [2.45, 2.75) is 25.8 Å². The van der Waals surface area contributed by atoms with Crippen molar-refractivity contribution in [3.05, 3.63) is 35.9 Å². The maximum atomic E-state index is 11.3. The third-order valence-electron chi connectivity index (χ3n) is 1.95. The summed E-state index contributed by atoms with van der Waals surface area (Å²) >= 11 is 0.